The molecule has 0 aromatic carbocycles. The van der Waals surface area contributed by atoms with Crippen molar-refractivity contribution in [3.63, 3.8) is 0 Å². The van der Waals surface area contributed by atoms with Gasteiger partial charge in [0.05, 0.1) is 0 Å². The average Bonchev–Trinajstić information content (AvgIpc) is 2.15. The highest BCUT2D eigenvalue weighted by Crippen LogP contribution is 1.93. The molecule has 1 aromatic heterocycles. The zero-order valence-corrected chi connectivity index (χ0v) is 6.84. The third kappa shape index (κ3) is 3.04. The van der Waals surface area contributed by atoms with Crippen LogP contribution in [-0.4, -0.2) is 33.6 Å². The number of hydrogen-bond donors (Lipinski definition) is 3. The number of carboxylic acids is 1. The number of carbonyl (C=O) groups is 1. The molecule has 0 unspecified atom stereocenters. The van der Waals surface area contributed by atoms with Gasteiger partial charge in [-0.3, -0.25) is 4.79 Å². The van der Waals surface area contributed by atoms with Gasteiger partial charge in [0.1, 0.15) is 6.04 Å². The van der Waals surface area contributed by atoms with Crippen molar-refractivity contribution in [3.8, 4) is 0 Å². The number of aliphatic carboxylic acids is 1. The highest BCUT2D eigenvalue weighted by atomic mass is 16.4. The Bertz CT molecular complexity index is 277. The zero-order chi connectivity index (χ0) is 9.68. The van der Waals surface area contributed by atoms with Crippen LogP contribution in [0.4, 0.5) is 5.95 Å². The molecule has 1 atom stereocenters. The summed E-state index contributed by atoms with van der Waals surface area (Å²) in [5.74, 6) is -0.678. The second-order valence-corrected chi connectivity index (χ2v) is 2.40. The number of anilines is 1. The second-order valence-electron chi connectivity index (χ2n) is 2.40. The molecule has 70 valence electrons. The molecule has 0 spiro atoms. The van der Waals surface area contributed by atoms with Crippen molar-refractivity contribution in [2.45, 2.75) is 6.04 Å². The molecule has 0 amide bonds. The van der Waals surface area contributed by atoms with E-state index in [1.54, 1.807) is 18.5 Å². The van der Waals surface area contributed by atoms with Gasteiger partial charge in [0.2, 0.25) is 5.95 Å². The molecule has 0 fully saturated rings. The third-order valence-electron chi connectivity index (χ3n) is 1.36. The summed E-state index contributed by atoms with van der Waals surface area (Å²) in [6, 6.07) is 0.728. The molecule has 0 aliphatic carbocycles. The van der Waals surface area contributed by atoms with Crippen molar-refractivity contribution in [1.29, 1.82) is 0 Å². The summed E-state index contributed by atoms with van der Waals surface area (Å²) >= 11 is 0. The summed E-state index contributed by atoms with van der Waals surface area (Å²) in [4.78, 5) is 18.0. The molecule has 4 N–H and O–H groups in total. The Balaban J connectivity index is 2.39. The summed E-state index contributed by atoms with van der Waals surface area (Å²) in [7, 11) is 0. The summed E-state index contributed by atoms with van der Waals surface area (Å²) < 4.78 is 0. The monoisotopic (exact) mass is 182 g/mol. The maximum Gasteiger partial charge on any atom is 0.322 e. The Hall–Kier alpha value is -1.69. The largest absolute Gasteiger partial charge is 0.480 e. The molecule has 0 radical (unpaired) electrons. The van der Waals surface area contributed by atoms with Crippen LogP contribution in [0.25, 0.3) is 0 Å². The van der Waals surface area contributed by atoms with E-state index in [4.69, 9.17) is 10.8 Å². The van der Waals surface area contributed by atoms with E-state index >= 15 is 0 Å². The molecule has 1 aromatic rings. The third-order valence-corrected chi connectivity index (χ3v) is 1.36. The minimum atomic E-state index is -1.05. The normalized spacial score (nSPS) is 12.1. The van der Waals surface area contributed by atoms with E-state index in [0.717, 1.165) is 0 Å². The predicted molar refractivity (Wildman–Crippen MR) is 46.1 cm³/mol. The molecule has 0 bridgehead atoms. The number of carboxylic acid groups (broad SMARTS) is 1. The Kier molecular flexibility index (Phi) is 3.15. The first-order valence-electron chi connectivity index (χ1n) is 3.69. The van der Waals surface area contributed by atoms with Crippen LogP contribution in [-0.2, 0) is 4.79 Å². The van der Waals surface area contributed by atoms with Crippen LogP contribution in [0.2, 0.25) is 0 Å². The minimum absolute atomic E-state index is 0.110. The molecule has 0 saturated carbocycles. The van der Waals surface area contributed by atoms with Crippen LogP contribution in [0.1, 0.15) is 0 Å². The van der Waals surface area contributed by atoms with Crippen molar-refractivity contribution in [2.75, 3.05) is 11.9 Å². The standard InChI is InChI=1S/C7H10N4O2/c8-5(6(12)13)4-11-7-9-2-1-3-10-7/h1-3,5H,4,8H2,(H,12,13)(H,9,10,11)/t5-/m0/s1. The van der Waals surface area contributed by atoms with Crippen molar-refractivity contribution in [1.82, 2.24) is 9.97 Å². The number of nitrogens with one attached hydrogen (secondary N) is 1. The topological polar surface area (TPSA) is 101 Å². The first-order valence-corrected chi connectivity index (χ1v) is 3.69. The number of hydrogen-bond acceptors (Lipinski definition) is 5. The van der Waals surface area contributed by atoms with Gasteiger partial charge in [-0.25, -0.2) is 9.97 Å². The molecule has 6 heteroatoms. The quantitative estimate of drug-likeness (QED) is 0.569. The highest BCUT2D eigenvalue weighted by Gasteiger charge is 2.10. The molecule has 1 heterocycles. The van der Waals surface area contributed by atoms with Gasteiger partial charge >= 0.3 is 5.97 Å². The Morgan fingerprint density at radius 3 is 2.77 bits per heavy atom. The maximum atomic E-state index is 10.3. The lowest BCUT2D eigenvalue weighted by Crippen LogP contribution is -2.37. The predicted octanol–water partition coefficient (Wildman–Crippen LogP) is -0.700. The fourth-order valence-electron chi connectivity index (χ4n) is 0.679. The lowest BCUT2D eigenvalue weighted by Gasteiger charge is -2.06. The minimum Gasteiger partial charge on any atom is -0.480 e. The van der Waals surface area contributed by atoms with Crippen LogP contribution < -0.4 is 11.1 Å². The molecular weight excluding hydrogens is 172 g/mol. The molecular formula is C7H10N4O2. The van der Waals surface area contributed by atoms with Gasteiger partial charge in [-0.05, 0) is 6.07 Å². The molecule has 1 rings (SSSR count). The first kappa shape index (κ1) is 9.40. The molecule has 0 aliphatic heterocycles. The summed E-state index contributed by atoms with van der Waals surface area (Å²) in [6.45, 7) is 0.110. The Morgan fingerprint density at radius 1 is 1.62 bits per heavy atom. The van der Waals surface area contributed by atoms with Gasteiger partial charge in [0.25, 0.3) is 0 Å². The van der Waals surface area contributed by atoms with Crippen LogP contribution >= 0.6 is 0 Å². The molecule has 6 nitrogen and oxygen atoms in total. The first-order chi connectivity index (χ1) is 6.20. The van der Waals surface area contributed by atoms with Crippen LogP contribution in [0.15, 0.2) is 18.5 Å². The van der Waals surface area contributed by atoms with E-state index in [-0.39, 0.29) is 6.54 Å². The van der Waals surface area contributed by atoms with Crippen molar-refractivity contribution >= 4 is 11.9 Å². The number of rotatable bonds is 4. The fraction of sp³-hybridized carbons (Fsp3) is 0.286. The summed E-state index contributed by atoms with van der Waals surface area (Å²) in [6.07, 6.45) is 3.11. The van der Waals surface area contributed by atoms with E-state index in [1.807, 2.05) is 0 Å². The Labute approximate surface area is 74.8 Å². The van der Waals surface area contributed by atoms with Gasteiger partial charge < -0.3 is 16.2 Å². The smallest absolute Gasteiger partial charge is 0.322 e. The van der Waals surface area contributed by atoms with Gasteiger partial charge in [0.15, 0.2) is 0 Å². The summed E-state index contributed by atoms with van der Waals surface area (Å²) in [5.41, 5.74) is 5.25. The SMILES string of the molecule is N[C@@H](CNc1ncccn1)C(=O)O. The van der Waals surface area contributed by atoms with E-state index in [2.05, 4.69) is 15.3 Å². The van der Waals surface area contributed by atoms with Crippen molar-refractivity contribution in [3.05, 3.63) is 18.5 Å². The van der Waals surface area contributed by atoms with E-state index in [1.165, 1.54) is 0 Å². The number of nitrogens with zero attached hydrogens (tertiary/aromatic N) is 2. The second kappa shape index (κ2) is 4.36. The number of nitrogens with two attached hydrogens (primary N) is 1. The van der Waals surface area contributed by atoms with Crippen LogP contribution in [0, 0.1) is 0 Å². The fourth-order valence-corrected chi connectivity index (χ4v) is 0.679. The maximum absolute atomic E-state index is 10.3. The van der Waals surface area contributed by atoms with Crippen molar-refractivity contribution < 1.29 is 9.90 Å². The van der Waals surface area contributed by atoms with Crippen molar-refractivity contribution in [2.24, 2.45) is 5.73 Å². The van der Waals surface area contributed by atoms with E-state index < -0.39 is 12.0 Å². The summed E-state index contributed by atoms with van der Waals surface area (Å²) in [5, 5.41) is 11.2. The van der Waals surface area contributed by atoms with Gasteiger partial charge in [-0.1, -0.05) is 0 Å². The molecule has 0 saturated heterocycles. The highest BCUT2D eigenvalue weighted by molar-refractivity contribution is 5.73. The Morgan fingerprint density at radius 2 is 2.23 bits per heavy atom. The zero-order valence-electron chi connectivity index (χ0n) is 6.84. The van der Waals surface area contributed by atoms with Crippen LogP contribution in [0.3, 0.4) is 0 Å². The lowest BCUT2D eigenvalue weighted by atomic mass is 10.3. The van der Waals surface area contributed by atoms with E-state index in [0.29, 0.717) is 5.95 Å². The molecule has 13 heavy (non-hydrogen) atoms. The lowest BCUT2D eigenvalue weighted by molar-refractivity contribution is -0.138. The van der Waals surface area contributed by atoms with E-state index in [9.17, 15) is 4.79 Å². The average molecular weight is 182 g/mol. The molecule has 0 aliphatic rings. The van der Waals surface area contributed by atoms with Gasteiger partial charge in [-0.2, -0.15) is 0 Å². The van der Waals surface area contributed by atoms with Gasteiger partial charge in [0, 0.05) is 18.9 Å². The number of aromatic nitrogens is 2. The van der Waals surface area contributed by atoms with Crippen LogP contribution in [0.5, 0.6) is 0 Å². The van der Waals surface area contributed by atoms with Gasteiger partial charge in [-0.15, -0.1) is 0 Å².